The molecule has 0 radical (unpaired) electrons. The van der Waals surface area contributed by atoms with Crippen molar-refractivity contribution in [3.05, 3.63) is 30.1 Å². The molecule has 0 aliphatic heterocycles. The van der Waals surface area contributed by atoms with Crippen LogP contribution in [0.15, 0.2) is 24.3 Å². The minimum absolute atomic E-state index is 0.102. The van der Waals surface area contributed by atoms with Gasteiger partial charge in [-0.25, -0.2) is 4.39 Å². The van der Waals surface area contributed by atoms with E-state index in [4.69, 9.17) is 0 Å². The summed E-state index contributed by atoms with van der Waals surface area (Å²) in [6, 6.07) is 5.63. The highest BCUT2D eigenvalue weighted by Crippen LogP contribution is 2.60. The monoisotopic (exact) mass is 429 g/mol. The zero-order valence-corrected chi connectivity index (χ0v) is 18.2. The Morgan fingerprint density at radius 1 is 1.10 bits per heavy atom. The van der Waals surface area contributed by atoms with Crippen molar-refractivity contribution in [1.29, 1.82) is 0 Å². The second-order valence-corrected chi connectivity index (χ2v) is 9.87. The van der Waals surface area contributed by atoms with Gasteiger partial charge in [-0.2, -0.15) is 0 Å². The van der Waals surface area contributed by atoms with Crippen LogP contribution in [0.5, 0.6) is 0 Å². The second kappa shape index (κ2) is 8.97. The van der Waals surface area contributed by atoms with Crippen molar-refractivity contribution in [1.82, 2.24) is 10.2 Å². The van der Waals surface area contributed by atoms with Gasteiger partial charge in [0.1, 0.15) is 5.82 Å². The largest absolute Gasteiger partial charge is 0.356 e. The van der Waals surface area contributed by atoms with Crippen LogP contribution in [0.4, 0.5) is 10.1 Å². The van der Waals surface area contributed by atoms with E-state index >= 15 is 0 Å². The molecule has 1 aromatic carbocycles. The van der Waals surface area contributed by atoms with E-state index < -0.39 is 5.82 Å². The summed E-state index contributed by atoms with van der Waals surface area (Å²) in [5.41, 5.74) is 0.197. The van der Waals surface area contributed by atoms with Crippen molar-refractivity contribution in [2.45, 2.75) is 51.4 Å². The lowest BCUT2D eigenvalue weighted by molar-refractivity contribution is -0.146. The third-order valence-electron chi connectivity index (χ3n) is 7.29. The summed E-state index contributed by atoms with van der Waals surface area (Å²) >= 11 is 0. The maximum Gasteiger partial charge on any atom is 0.243 e. The van der Waals surface area contributed by atoms with Gasteiger partial charge in [-0.15, -0.1) is 0 Å². The number of benzene rings is 1. The fourth-order valence-corrected chi connectivity index (χ4v) is 6.28. The molecule has 3 amide bonds. The molecular weight excluding hydrogens is 397 g/mol. The van der Waals surface area contributed by atoms with Gasteiger partial charge in [-0.3, -0.25) is 14.4 Å². The number of hydrogen-bond acceptors (Lipinski definition) is 3. The normalized spacial score (nSPS) is 28.3. The molecule has 168 valence electrons. The van der Waals surface area contributed by atoms with E-state index in [1.807, 2.05) is 0 Å². The van der Waals surface area contributed by atoms with Gasteiger partial charge in [-0.1, -0.05) is 6.07 Å². The molecule has 0 atom stereocenters. The summed E-state index contributed by atoms with van der Waals surface area (Å²) in [5.74, 6) is 1.40. The van der Waals surface area contributed by atoms with Crippen molar-refractivity contribution >= 4 is 23.4 Å². The van der Waals surface area contributed by atoms with Gasteiger partial charge in [0.25, 0.3) is 0 Å². The molecule has 4 bridgehead atoms. The fraction of sp³-hybridized carbons (Fsp3) is 0.625. The number of rotatable bonds is 8. The Balaban J connectivity index is 1.16. The zero-order chi connectivity index (χ0) is 22.0. The minimum Gasteiger partial charge on any atom is -0.356 e. The molecule has 31 heavy (non-hydrogen) atoms. The van der Waals surface area contributed by atoms with Gasteiger partial charge in [0.2, 0.25) is 17.7 Å². The van der Waals surface area contributed by atoms with Crippen LogP contribution >= 0.6 is 0 Å². The zero-order valence-electron chi connectivity index (χ0n) is 18.2. The Hall–Kier alpha value is -2.44. The number of halogens is 1. The van der Waals surface area contributed by atoms with E-state index in [9.17, 15) is 18.8 Å². The molecule has 0 saturated heterocycles. The van der Waals surface area contributed by atoms with Crippen LogP contribution in [0.2, 0.25) is 0 Å². The Morgan fingerprint density at radius 2 is 1.74 bits per heavy atom. The highest BCUT2D eigenvalue weighted by atomic mass is 19.1. The molecule has 7 heteroatoms. The molecule has 1 aromatic rings. The Labute approximate surface area is 182 Å². The fourth-order valence-electron chi connectivity index (χ4n) is 6.28. The van der Waals surface area contributed by atoms with Crippen LogP contribution in [-0.4, -0.2) is 42.8 Å². The Bertz CT molecular complexity index is 821. The average Bonchev–Trinajstić information content (AvgIpc) is 2.69. The van der Waals surface area contributed by atoms with Crippen molar-refractivity contribution < 1.29 is 18.8 Å². The second-order valence-electron chi connectivity index (χ2n) is 9.87. The first-order chi connectivity index (χ1) is 14.8. The standard InChI is InChI=1S/C24H32FN3O3/c1-28(15-21(29)27-20-5-2-4-19(25)11-20)22(30)6-3-7-26-23(31)24-12-16-8-17(13-24)10-18(9-16)14-24/h2,4-5,11,16-18H,3,6-10,12-15H2,1H3,(H,26,31)(H,27,29). The average molecular weight is 430 g/mol. The SMILES string of the molecule is CN(CC(=O)Nc1cccc(F)c1)C(=O)CCCNC(=O)C12CC3CC(CC(C3)C1)C2. The van der Waals surface area contributed by atoms with Gasteiger partial charge >= 0.3 is 0 Å². The first-order valence-electron chi connectivity index (χ1n) is 11.4. The first kappa shape index (κ1) is 21.8. The molecule has 6 nitrogen and oxygen atoms in total. The van der Waals surface area contributed by atoms with E-state index in [0.29, 0.717) is 18.7 Å². The molecule has 0 spiro atoms. The van der Waals surface area contributed by atoms with Gasteiger partial charge in [0, 0.05) is 31.1 Å². The van der Waals surface area contributed by atoms with Gasteiger partial charge in [0.05, 0.1) is 6.54 Å². The molecule has 4 fully saturated rings. The molecule has 4 aliphatic carbocycles. The highest BCUT2D eigenvalue weighted by Gasteiger charge is 2.54. The number of hydrogen-bond donors (Lipinski definition) is 2. The van der Waals surface area contributed by atoms with Crippen molar-refractivity contribution in [2.24, 2.45) is 23.2 Å². The summed E-state index contributed by atoms with van der Waals surface area (Å²) in [5, 5.41) is 5.67. The summed E-state index contributed by atoms with van der Waals surface area (Å²) < 4.78 is 13.2. The third-order valence-corrected chi connectivity index (χ3v) is 7.29. The predicted molar refractivity (Wildman–Crippen MR) is 116 cm³/mol. The maximum absolute atomic E-state index is 13.2. The molecule has 0 unspecified atom stereocenters. The molecule has 0 heterocycles. The molecule has 2 N–H and O–H groups in total. The lowest BCUT2D eigenvalue weighted by atomic mass is 9.49. The van der Waals surface area contributed by atoms with E-state index in [-0.39, 0.29) is 36.1 Å². The third kappa shape index (κ3) is 5.08. The molecular formula is C24H32FN3O3. The van der Waals surface area contributed by atoms with Crippen LogP contribution in [0, 0.1) is 29.0 Å². The lowest BCUT2D eigenvalue weighted by Gasteiger charge is -2.55. The lowest BCUT2D eigenvalue weighted by Crippen LogP contribution is -2.53. The quantitative estimate of drug-likeness (QED) is 0.622. The molecule has 5 rings (SSSR count). The summed E-state index contributed by atoms with van der Waals surface area (Å²) in [6.07, 6.45) is 7.84. The van der Waals surface area contributed by atoms with E-state index in [1.165, 1.54) is 42.4 Å². The van der Waals surface area contributed by atoms with Crippen LogP contribution in [0.25, 0.3) is 0 Å². The Kier molecular flexibility index (Phi) is 6.30. The highest BCUT2D eigenvalue weighted by molar-refractivity contribution is 5.94. The Morgan fingerprint density at radius 3 is 2.35 bits per heavy atom. The van der Waals surface area contributed by atoms with E-state index in [0.717, 1.165) is 37.0 Å². The smallest absolute Gasteiger partial charge is 0.243 e. The minimum atomic E-state index is -0.433. The number of nitrogens with one attached hydrogen (secondary N) is 2. The summed E-state index contributed by atoms with van der Waals surface area (Å²) in [6.45, 7) is 0.380. The number of likely N-dealkylation sites (N-methyl/N-ethyl adjacent to an activating group) is 1. The van der Waals surface area contributed by atoms with Crippen molar-refractivity contribution in [3.63, 3.8) is 0 Å². The van der Waals surface area contributed by atoms with Crippen LogP contribution < -0.4 is 10.6 Å². The molecule has 0 aromatic heterocycles. The molecule has 4 aliphatic rings. The van der Waals surface area contributed by atoms with Crippen LogP contribution in [0.3, 0.4) is 0 Å². The van der Waals surface area contributed by atoms with Crippen molar-refractivity contribution in [2.75, 3.05) is 25.5 Å². The predicted octanol–water partition coefficient (Wildman–Crippen LogP) is 3.34. The summed E-state index contributed by atoms with van der Waals surface area (Å²) in [4.78, 5) is 38.7. The summed E-state index contributed by atoms with van der Waals surface area (Å²) in [7, 11) is 1.57. The maximum atomic E-state index is 13.2. The number of carbonyl (C=O) groups excluding carboxylic acids is 3. The number of amides is 3. The van der Waals surface area contributed by atoms with Gasteiger partial charge < -0.3 is 15.5 Å². The van der Waals surface area contributed by atoms with Crippen molar-refractivity contribution in [3.8, 4) is 0 Å². The van der Waals surface area contributed by atoms with E-state index in [2.05, 4.69) is 10.6 Å². The van der Waals surface area contributed by atoms with Crippen LogP contribution in [-0.2, 0) is 14.4 Å². The topological polar surface area (TPSA) is 78.5 Å². The van der Waals surface area contributed by atoms with Gasteiger partial charge in [0.15, 0.2) is 0 Å². The number of carbonyl (C=O) groups is 3. The van der Waals surface area contributed by atoms with Gasteiger partial charge in [-0.05, 0) is 80.9 Å². The van der Waals surface area contributed by atoms with Crippen LogP contribution in [0.1, 0.15) is 51.4 Å². The first-order valence-corrected chi connectivity index (χ1v) is 11.4. The number of nitrogens with zero attached hydrogens (tertiary/aromatic N) is 1. The molecule has 4 saturated carbocycles. The number of anilines is 1. The van der Waals surface area contributed by atoms with E-state index in [1.54, 1.807) is 13.1 Å².